The lowest BCUT2D eigenvalue weighted by Gasteiger charge is -2.30. The Kier molecular flexibility index (Phi) is 7.05. The van der Waals surface area contributed by atoms with Gasteiger partial charge in [-0.3, -0.25) is 0 Å². The highest BCUT2D eigenvalue weighted by Gasteiger charge is 2.32. The third-order valence-electron chi connectivity index (χ3n) is 7.89. The zero-order valence-corrected chi connectivity index (χ0v) is 21.9. The van der Waals surface area contributed by atoms with Crippen LogP contribution in [0.3, 0.4) is 0 Å². The average molecular weight is 523 g/mol. The SMILES string of the molecule is c1cc(N(CC2CO2)CC2CO2)ccc1OC1CCCC(Oc2ccc(N(CC3CO3)CC3CO3)cc2)C1. The first-order valence-electron chi connectivity index (χ1n) is 14.2. The molecule has 2 aromatic rings. The second-order valence-corrected chi connectivity index (χ2v) is 11.3. The molecule has 6 unspecified atom stereocenters. The minimum Gasteiger partial charge on any atom is -0.490 e. The summed E-state index contributed by atoms with van der Waals surface area (Å²) in [6.45, 7) is 7.14. The fourth-order valence-corrected chi connectivity index (χ4v) is 5.42. The Morgan fingerprint density at radius 3 is 1.21 bits per heavy atom. The number of rotatable bonds is 14. The van der Waals surface area contributed by atoms with Crippen LogP contribution in [-0.2, 0) is 18.9 Å². The number of hydrogen-bond acceptors (Lipinski definition) is 8. The molecule has 5 fully saturated rings. The summed E-state index contributed by atoms with van der Waals surface area (Å²) >= 11 is 0. The minimum atomic E-state index is 0.169. The van der Waals surface area contributed by atoms with E-state index in [4.69, 9.17) is 28.4 Å². The quantitative estimate of drug-likeness (QED) is 0.348. The molecule has 0 amide bonds. The van der Waals surface area contributed by atoms with E-state index in [1.54, 1.807) is 0 Å². The Bertz CT molecular complexity index is 938. The van der Waals surface area contributed by atoms with Crippen LogP contribution in [0.1, 0.15) is 25.7 Å². The number of anilines is 2. The largest absolute Gasteiger partial charge is 0.490 e. The van der Waals surface area contributed by atoms with Crippen molar-refractivity contribution in [2.24, 2.45) is 0 Å². The highest BCUT2D eigenvalue weighted by molar-refractivity contribution is 5.50. The maximum absolute atomic E-state index is 6.40. The molecule has 8 nitrogen and oxygen atoms in total. The van der Waals surface area contributed by atoms with E-state index in [0.29, 0.717) is 24.4 Å². The van der Waals surface area contributed by atoms with Gasteiger partial charge >= 0.3 is 0 Å². The van der Waals surface area contributed by atoms with Gasteiger partial charge in [0.2, 0.25) is 0 Å². The zero-order valence-electron chi connectivity index (χ0n) is 21.9. The highest BCUT2D eigenvalue weighted by atomic mass is 16.6. The molecule has 0 bridgehead atoms. The minimum absolute atomic E-state index is 0.169. The first-order valence-corrected chi connectivity index (χ1v) is 14.2. The van der Waals surface area contributed by atoms with Gasteiger partial charge in [-0.1, -0.05) is 0 Å². The molecular weight excluding hydrogens is 484 g/mol. The van der Waals surface area contributed by atoms with Gasteiger partial charge in [-0.25, -0.2) is 0 Å². The Balaban J connectivity index is 0.917. The van der Waals surface area contributed by atoms with Crippen LogP contribution in [0.25, 0.3) is 0 Å². The Morgan fingerprint density at radius 2 is 0.895 bits per heavy atom. The topological polar surface area (TPSA) is 75.1 Å². The van der Waals surface area contributed by atoms with Crippen LogP contribution in [0.4, 0.5) is 11.4 Å². The molecule has 4 heterocycles. The van der Waals surface area contributed by atoms with Gasteiger partial charge in [0.25, 0.3) is 0 Å². The lowest BCUT2D eigenvalue weighted by molar-refractivity contribution is 0.0680. The molecule has 5 aliphatic rings. The summed E-state index contributed by atoms with van der Waals surface area (Å²) in [5, 5.41) is 0. The molecule has 6 atom stereocenters. The second-order valence-electron chi connectivity index (χ2n) is 11.3. The molecular formula is C30H38N2O6. The third kappa shape index (κ3) is 6.91. The highest BCUT2D eigenvalue weighted by Crippen LogP contribution is 2.31. The summed E-state index contributed by atoms with van der Waals surface area (Å²) in [6, 6.07) is 17.0. The fourth-order valence-electron chi connectivity index (χ4n) is 5.42. The van der Waals surface area contributed by atoms with Gasteiger partial charge in [-0.15, -0.1) is 0 Å². The molecule has 204 valence electrons. The molecule has 2 aromatic carbocycles. The van der Waals surface area contributed by atoms with Gasteiger partial charge in [0.15, 0.2) is 0 Å². The maximum Gasteiger partial charge on any atom is 0.119 e. The number of hydrogen-bond donors (Lipinski definition) is 0. The van der Waals surface area contributed by atoms with Gasteiger partial charge in [-0.05, 0) is 67.8 Å². The van der Waals surface area contributed by atoms with Crippen molar-refractivity contribution < 1.29 is 28.4 Å². The lowest BCUT2D eigenvalue weighted by atomic mass is 9.94. The van der Waals surface area contributed by atoms with Crippen LogP contribution in [0.2, 0.25) is 0 Å². The van der Waals surface area contributed by atoms with Crippen molar-refractivity contribution in [3.63, 3.8) is 0 Å². The Labute approximate surface area is 224 Å². The van der Waals surface area contributed by atoms with Crippen LogP contribution in [-0.4, -0.2) is 89.2 Å². The van der Waals surface area contributed by atoms with E-state index in [2.05, 4.69) is 58.3 Å². The van der Waals surface area contributed by atoms with E-state index in [-0.39, 0.29) is 12.2 Å². The predicted octanol–water partition coefficient (Wildman–Crippen LogP) is 3.66. The fraction of sp³-hybridized carbons (Fsp3) is 0.600. The van der Waals surface area contributed by atoms with Crippen LogP contribution >= 0.6 is 0 Å². The maximum atomic E-state index is 6.40. The molecule has 1 saturated carbocycles. The molecule has 0 aromatic heterocycles. The summed E-state index contributed by atoms with van der Waals surface area (Å²) in [6.07, 6.45) is 5.89. The first-order chi connectivity index (χ1) is 18.7. The van der Waals surface area contributed by atoms with Crippen molar-refractivity contribution in [3.05, 3.63) is 48.5 Å². The van der Waals surface area contributed by atoms with E-state index < -0.39 is 0 Å². The van der Waals surface area contributed by atoms with E-state index in [1.807, 2.05) is 0 Å². The average Bonchev–Trinajstić information content (AvgIpc) is 3.75. The molecule has 4 saturated heterocycles. The van der Waals surface area contributed by atoms with Gasteiger partial charge in [-0.2, -0.15) is 0 Å². The van der Waals surface area contributed by atoms with E-state index in [0.717, 1.165) is 89.8 Å². The van der Waals surface area contributed by atoms with E-state index in [1.165, 1.54) is 11.4 Å². The van der Waals surface area contributed by atoms with E-state index >= 15 is 0 Å². The standard InChI is InChI=1S/C30H38N2O6/c1-2-25(37-23-8-4-21(5-9-23)31(13-27-17-33-27)14-28-18-34-28)12-26(3-1)38-24-10-6-22(7-11-24)32(15-29-19-35-29)16-30-20-36-30/h4-11,25-30H,1-3,12-20H2. The van der Waals surface area contributed by atoms with Crippen LogP contribution < -0.4 is 19.3 Å². The summed E-state index contributed by atoms with van der Waals surface area (Å²) in [4.78, 5) is 4.74. The van der Waals surface area contributed by atoms with Crippen molar-refractivity contribution >= 4 is 11.4 Å². The second kappa shape index (κ2) is 10.9. The number of epoxide rings is 4. The molecule has 1 aliphatic carbocycles. The number of benzene rings is 2. The van der Waals surface area contributed by atoms with Gasteiger partial charge < -0.3 is 38.2 Å². The monoisotopic (exact) mass is 522 g/mol. The Morgan fingerprint density at radius 1 is 0.553 bits per heavy atom. The molecule has 7 rings (SSSR count). The normalized spacial score (nSPS) is 30.8. The number of nitrogens with zero attached hydrogens (tertiary/aromatic N) is 2. The van der Waals surface area contributed by atoms with Crippen molar-refractivity contribution in [1.29, 1.82) is 0 Å². The van der Waals surface area contributed by atoms with E-state index in [9.17, 15) is 0 Å². The molecule has 0 radical (unpaired) electrons. The first kappa shape index (κ1) is 24.5. The van der Waals surface area contributed by atoms with Crippen molar-refractivity contribution in [2.75, 3.05) is 62.4 Å². The summed E-state index contributed by atoms with van der Waals surface area (Å²) in [7, 11) is 0. The smallest absolute Gasteiger partial charge is 0.119 e. The third-order valence-corrected chi connectivity index (χ3v) is 7.89. The van der Waals surface area contributed by atoms with Gasteiger partial charge in [0.1, 0.15) is 23.7 Å². The van der Waals surface area contributed by atoms with Crippen LogP contribution in [0.15, 0.2) is 48.5 Å². The molecule has 38 heavy (non-hydrogen) atoms. The number of ether oxygens (including phenoxy) is 6. The Hall–Kier alpha value is -2.52. The van der Waals surface area contributed by atoms with Crippen LogP contribution in [0.5, 0.6) is 11.5 Å². The molecule has 8 heteroatoms. The zero-order chi connectivity index (χ0) is 25.3. The predicted molar refractivity (Wildman–Crippen MR) is 144 cm³/mol. The van der Waals surface area contributed by atoms with Crippen molar-refractivity contribution in [3.8, 4) is 11.5 Å². The molecule has 0 spiro atoms. The summed E-state index contributed by atoms with van der Waals surface area (Å²) in [5.74, 6) is 1.85. The van der Waals surface area contributed by atoms with Gasteiger partial charge in [0, 0.05) is 44.0 Å². The van der Waals surface area contributed by atoms with Crippen molar-refractivity contribution in [1.82, 2.24) is 0 Å². The molecule has 4 aliphatic heterocycles. The molecule has 0 N–H and O–H groups in total. The van der Waals surface area contributed by atoms with Gasteiger partial charge in [0.05, 0.1) is 50.8 Å². The summed E-state index contributed by atoms with van der Waals surface area (Å²) < 4.78 is 34.6. The van der Waals surface area contributed by atoms with Crippen LogP contribution in [0, 0.1) is 0 Å². The van der Waals surface area contributed by atoms with Crippen molar-refractivity contribution in [2.45, 2.75) is 62.3 Å². The summed E-state index contributed by atoms with van der Waals surface area (Å²) in [5.41, 5.74) is 2.40. The lowest BCUT2D eigenvalue weighted by Crippen LogP contribution is -2.32.